The SMILES string of the molecule is Cc1ccc(Oc2ccc(C(=O)OC(C)(C)C)cc2)cn1. The Morgan fingerprint density at radius 2 is 1.62 bits per heavy atom. The number of hydrogen-bond acceptors (Lipinski definition) is 4. The minimum atomic E-state index is -0.500. The molecule has 0 aliphatic rings. The van der Waals surface area contributed by atoms with Gasteiger partial charge in [-0.1, -0.05) is 0 Å². The van der Waals surface area contributed by atoms with Crippen molar-refractivity contribution in [1.29, 1.82) is 0 Å². The largest absolute Gasteiger partial charge is 0.456 e. The van der Waals surface area contributed by atoms with Gasteiger partial charge in [0.05, 0.1) is 11.8 Å². The summed E-state index contributed by atoms with van der Waals surface area (Å²) >= 11 is 0. The van der Waals surface area contributed by atoms with Crippen molar-refractivity contribution in [1.82, 2.24) is 4.98 Å². The Balaban J connectivity index is 2.05. The van der Waals surface area contributed by atoms with Gasteiger partial charge in [-0.05, 0) is 64.1 Å². The molecule has 1 aromatic carbocycles. The van der Waals surface area contributed by atoms with Crippen LogP contribution in [0.4, 0.5) is 0 Å². The number of esters is 1. The van der Waals surface area contributed by atoms with E-state index in [1.807, 2.05) is 39.8 Å². The summed E-state index contributed by atoms with van der Waals surface area (Å²) in [5, 5.41) is 0. The van der Waals surface area contributed by atoms with Gasteiger partial charge in [-0.25, -0.2) is 4.79 Å². The van der Waals surface area contributed by atoms with Gasteiger partial charge in [0.2, 0.25) is 0 Å². The zero-order chi connectivity index (χ0) is 15.5. The van der Waals surface area contributed by atoms with E-state index >= 15 is 0 Å². The smallest absolute Gasteiger partial charge is 0.338 e. The molecular formula is C17H19NO3. The molecule has 0 bridgehead atoms. The van der Waals surface area contributed by atoms with E-state index in [-0.39, 0.29) is 5.97 Å². The molecule has 110 valence electrons. The van der Waals surface area contributed by atoms with Gasteiger partial charge in [0.25, 0.3) is 0 Å². The third-order valence-corrected chi connectivity index (χ3v) is 2.61. The molecule has 0 unspecified atom stereocenters. The van der Waals surface area contributed by atoms with Gasteiger partial charge < -0.3 is 9.47 Å². The minimum Gasteiger partial charge on any atom is -0.456 e. The first-order valence-corrected chi connectivity index (χ1v) is 6.77. The summed E-state index contributed by atoms with van der Waals surface area (Å²) in [5.41, 5.74) is 0.932. The number of rotatable bonds is 3. The quantitative estimate of drug-likeness (QED) is 0.795. The Morgan fingerprint density at radius 1 is 1.00 bits per heavy atom. The lowest BCUT2D eigenvalue weighted by Gasteiger charge is -2.19. The number of carbonyl (C=O) groups excluding carboxylic acids is 1. The fourth-order valence-electron chi connectivity index (χ4n) is 1.65. The summed E-state index contributed by atoms with van der Waals surface area (Å²) in [7, 11) is 0. The summed E-state index contributed by atoms with van der Waals surface area (Å²) in [6, 6.07) is 10.6. The van der Waals surface area contributed by atoms with Crippen LogP contribution in [0.2, 0.25) is 0 Å². The standard InChI is InChI=1S/C17H19NO3/c1-12-5-8-15(11-18-12)20-14-9-6-13(7-10-14)16(19)21-17(2,3)4/h5-11H,1-4H3. The van der Waals surface area contributed by atoms with Crippen molar-refractivity contribution in [2.45, 2.75) is 33.3 Å². The molecular weight excluding hydrogens is 266 g/mol. The van der Waals surface area contributed by atoms with Crippen molar-refractivity contribution in [3.05, 3.63) is 53.9 Å². The molecule has 1 heterocycles. The zero-order valence-electron chi connectivity index (χ0n) is 12.7. The molecule has 0 aliphatic carbocycles. The third-order valence-electron chi connectivity index (χ3n) is 2.61. The topological polar surface area (TPSA) is 48.4 Å². The Kier molecular flexibility index (Phi) is 4.26. The summed E-state index contributed by atoms with van der Waals surface area (Å²) in [6.45, 7) is 7.44. The van der Waals surface area contributed by atoms with Crippen molar-refractivity contribution >= 4 is 5.97 Å². The van der Waals surface area contributed by atoms with E-state index in [9.17, 15) is 4.79 Å². The Bertz CT molecular complexity index is 610. The van der Waals surface area contributed by atoms with E-state index in [0.29, 0.717) is 17.1 Å². The van der Waals surface area contributed by atoms with E-state index < -0.39 is 5.60 Å². The van der Waals surface area contributed by atoms with E-state index in [0.717, 1.165) is 5.69 Å². The van der Waals surface area contributed by atoms with Crippen LogP contribution in [0, 0.1) is 6.92 Å². The van der Waals surface area contributed by atoms with Crippen LogP contribution in [0.15, 0.2) is 42.6 Å². The van der Waals surface area contributed by atoms with Crippen LogP contribution in [0.3, 0.4) is 0 Å². The lowest BCUT2D eigenvalue weighted by molar-refractivity contribution is 0.00695. The first kappa shape index (κ1) is 15.0. The lowest BCUT2D eigenvalue weighted by atomic mass is 10.1. The van der Waals surface area contributed by atoms with Crippen LogP contribution < -0.4 is 4.74 Å². The molecule has 4 nitrogen and oxygen atoms in total. The molecule has 0 radical (unpaired) electrons. The van der Waals surface area contributed by atoms with Gasteiger partial charge in [-0.2, -0.15) is 0 Å². The summed E-state index contributed by atoms with van der Waals surface area (Å²) < 4.78 is 11.0. The molecule has 0 atom stereocenters. The normalized spacial score (nSPS) is 11.0. The van der Waals surface area contributed by atoms with Crippen molar-refractivity contribution < 1.29 is 14.3 Å². The molecule has 4 heteroatoms. The number of hydrogen-bond donors (Lipinski definition) is 0. The van der Waals surface area contributed by atoms with E-state index in [1.165, 1.54) is 0 Å². The maximum absolute atomic E-state index is 11.9. The zero-order valence-corrected chi connectivity index (χ0v) is 12.7. The molecule has 1 aromatic heterocycles. The third kappa shape index (κ3) is 4.60. The van der Waals surface area contributed by atoms with Gasteiger partial charge in [0.1, 0.15) is 17.1 Å². The fraction of sp³-hybridized carbons (Fsp3) is 0.294. The first-order chi connectivity index (χ1) is 9.83. The van der Waals surface area contributed by atoms with Crippen LogP contribution in [-0.4, -0.2) is 16.6 Å². The minimum absolute atomic E-state index is 0.342. The van der Waals surface area contributed by atoms with Crippen LogP contribution >= 0.6 is 0 Å². The Morgan fingerprint density at radius 3 is 2.14 bits per heavy atom. The molecule has 2 rings (SSSR count). The summed E-state index contributed by atoms with van der Waals surface area (Å²) in [5.74, 6) is 0.963. The van der Waals surface area contributed by atoms with Crippen molar-refractivity contribution in [3.8, 4) is 11.5 Å². The van der Waals surface area contributed by atoms with Crippen LogP contribution in [0.5, 0.6) is 11.5 Å². The van der Waals surface area contributed by atoms with Gasteiger partial charge in [0.15, 0.2) is 0 Å². The number of pyridine rings is 1. The van der Waals surface area contributed by atoms with Gasteiger partial charge in [0, 0.05) is 5.69 Å². The number of aryl methyl sites for hydroxylation is 1. The second-order valence-corrected chi connectivity index (χ2v) is 5.76. The molecule has 2 aromatic rings. The maximum Gasteiger partial charge on any atom is 0.338 e. The first-order valence-electron chi connectivity index (χ1n) is 6.77. The highest BCUT2D eigenvalue weighted by Crippen LogP contribution is 2.22. The second kappa shape index (κ2) is 5.95. The number of nitrogens with zero attached hydrogens (tertiary/aromatic N) is 1. The number of aromatic nitrogens is 1. The van der Waals surface area contributed by atoms with E-state index in [2.05, 4.69) is 4.98 Å². The van der Waals surface area contributed by atoms with Crippen LogP contribution in [-0.2, 0) is 4.74 Å². The number of ether oxygens (including phenoxy) is 2. The maximum atomic E-state index is 11.9. The van der Waals surface area contributed by atoms with E-state index in [4.69, 9.17) is 9.47 Å². The monoisotopic (exact) mass is 285 g/mol. The average Bonchev–Trinajstić information content (AvgIpc) is 2.40. The predicted octanol–water partition coefficient (Wildman–Crippen LogP) is 4.14. The lowest BCUT2D eigenvalue weighted by Crippen LogP contribution is -2.23. The van der Waals surface area contributed by atoms with E-state index in [1.54, 1.807) is 30.5 Å². The highest BCUT2D eigenvalue weighted by atomic mass is 16.6. The molecule has 0 N–H and O–H groups in total. The Labute approximate surface area is 124 Å². The Hall–Kier alpha value is -2.36. The molecule has 0 amide bonds. The fourth-order valence-corrected chi connectivity index (χ4v) is 1.65. The summed E-state index contributed by atoms with van der Waals surface area (Å²) in [4.78, 5) is 16.1. The van der Waals surface area contributed by atoms with Gasteiger partial charge in [-0.3, -0.25) is 4.98 Å². The van der Waals surface area contributed by atoms with Gasteiger partial charge >= 0.3 is 5.97 Å². The van der Waals surface area contributed by atoms with Crippen molar-refractivity contribution in [3.63, 3.8) is 0 Å². The average molecular weight is 285 g/mol. The second-order valence-electron chi connectivity index (χ2n) is 5.76. The number of benzene rings is 1. The predicted molar refractivity (Wildman–Crippen MR) is 80.7 cm³/mol. The van der Waals surface area contributed by atoms with Crippen LogP contribution in [0.1, 0.15) is 36.8 Å². The number of carbonyl (C=O) groups is 1. The molecule has 0 saturated heterocycles. The van der Waals surface area contributed by atoms with Crippen molar-refractivity contribution in [2.75, 3.05) is 0 Å². The van der Waals surface area contributed by atoms with Crippen LogP contribution in [0.25, 0.3) is 0 Å². The highest BCUT2D eigenvalue weighted by molar-refractivity contribution is 5.89. The molecule has 21 heavy (non-hydrogen) atoms. The van der Waals surface area contributed by atoms with Gasteiger partial charge in [-0.15, -0.1) is 0 Å². The molecule has 0 spiro atoms. The molecule has 0 aliphatic heterocycles. The van der Waals surface area contributed by atoms with Crippen molar-refractivity contribution in [2.24, 2.45) is 0 Å². The molecule has 0 fully saturated rings. The highest BCUT2D eigenvalue weighted by Gasteiger charge is 2.17. The molecule has 0 saturated carbocycles. The summed E-state index contributed by atoms with van der Waals surface area (Å²) in [6.07, 6.45) is 1.66.